The molecule has 0 aromatic heterocycles. The van der Waals surface area contributed by atoms with Gasteiger partial charge in [0, 0.05) is 5.54 Å². The van der Waals surface area contributed by atoms with Crippen LogP contribution < -0.4 is 0 Å². The SMILES string of the molecule is CSCCCCN(CC(=O)O)C(C)(C)C. The maximum absolute atomic E-state index is 10.7. The maximum Gasteiger partial charge on any atom is 0.317 e. The van der Waals surface area contributed by atoms with Crippen molar-refractivity contribution in [3.8, 4) is 0 Å². The molecule has 0 aliphatic carbocycles. The Balaban J connectivity index is 3.97. The third kappa shape index (κ3) is 7.68. The van der Waals surface area contributed by atoms with Gasteiger partial charge in [-0.05, 0) is 52.2 Å². The lowest BCUT2D eigenvalue weighted by molar-refractivity contribution is -0.139. The number of hydrogen-bond acceptors (Lipinski definition) is 3. The van der Waals surface area contributed by atoms with E-state index in [1.54, 1.807) is 0 Å². The molecule has 0 radical (unpaired) electrons. The summed E-state index contributed by atoms with van der Waals surface area (Å²) in [4.78, 5) is 12.7. The molecule has 90 valence electrons. The van der Waals surface area contributed by atoms with E-state index in [4.69, 9.17) is 5.11 Å². The summed E-state index contributed by atoms with van der Waals surface area (Å²) in [7, 11) is 0. The van der Waals surface area contributed by atoms with Crippen molar-refractivity contribution in [2.24, 2.45) is 0 Å². The van der Waals surface area contributed by atoms with Gasteiger partial charge in [0.25, 0.3) is 0 Å². The van der Waals surface area contributed by atoms with Gasteiger partial charge in [0.2, 0.25) is 0 Å². The molecule has 0 heterocycles. The normalized spacial score (nSPS) is 12.1. The van der Waals surface area contributed by atoms with Gasteiger partial charge in [0.05, 0.1) is 6.54 Å². The molecule has 0 saturated carbocycles. The van der Waals surface area contributed by atoms with Crippen molar-refractivity contribution < 1.29 is 9.90 Å². The van der Waals surface area contributed by atoms with Gasteiger partial charge in [-0.25, -0.2) is 0 Å². The van der Waals surface area contributed by atoms with Gasteiger partial charge in [-0.15, -0.1) is 0 Å². The molecule has 0 bridgehead atoms. The van der Waals surface area contributed by atoms with Gasteiger partial charge in [-0.2, -0.15) is 11.8 Å². The Morgan fingerprint density at radius 2 is 1.93 bits per heavy atom. The first-order valence-corrected chi connectivity index (χ1v) is 6.73. The topological polar surface area (TPSA) is 40.5 Å². The van der Waals surface area contributed by atoms with E-state index in [0.717, 1.165) is 25.1 Å². The first kappa shape index (κ1) is 14.8. The number of nitrogens with zero attached hydrogens (tertiary/aromatic N) is 1. The fourth-order valence-corrected chi connectivity index (χ4v) is 1.86. The molecule has 0 amide bonds. The van der Waals surface area contributed by atoms with Crippen LogP contribution in [-0.2, 0) is 4.79 Å². The molecular formula is C11H23NO2S. The van der Waals surface area contributed by atoms with Crippen molar-refractivity contribution >= 4 is 17.7 Å². The Bertz CT molecular complexity index is 190. The molecule has 0 aromatic rings. The quantitative estimate of drug-likeness (QED) is 0.685. The van der Waals surface area contributed by atoms with Crippen LogP contribution in [0, 0.1) is 0 Å². The Morgan fingerprint density at radius 1 is 1.33 bits per heavy atom. The largest absolute Gasteiger partial charge is 0.480 e. The number of carboxylic acid groups (broad SMARTS) is 1. The number of aliphatic carboxylic acids is 1. The number of unbranched alkanes of at least 4 members (excludes halogenated alkanes) is 1. The van der Waals surface area contributed by atoms with E-state index >= 15 is 0 Å². The minimum Gasteiger partial charge on any atom is -0.480 e. The fraction of sp³-hybridized carbons (Fsp3) is 0.909. The van der Waals surface area contributed by atoms with Gasteiger partial charge in [0.1, 0.15) is 0 Å². The van der Waals surface area contributed by atoms with Crippen LogP contribution in [0.15, 0.2) is 0 Å². The molecule has 0 unspecified atom stereocenters. The van der Waals surface area contributed by atoms with E-state index in [-0.39, 0.29) is 12.1 Å². The number of rotatable bonds is 7. The van der Waals surface area contributed by atoms with Crippen LogP contribution in [-0.4, -0.2) is 46.6 Å². The van der Waals surface area contributed by atoms with Crippen LogP contribution in [0.25, 0.3) is 0 Å². The smallest absolute Gasteiger partial charge is 0.317 e. The molecule has 0 aromatic carbocycles. The predicted octanol–water partition coefficient (Wildman–Crippen LogP) is 2.31. The van der Waals surface area contributed by atoms with Crippen molar-refractivity contribution in [3.05, 3.63) is 0 Å². The van der Waals surface area contributed by atoms with Crippen LogP contribution in [0.4, 0.5) is 0 Å². The van der Waals surface area contributed by atoms with Crippen molar-refractivity contribution in [3.63, 3.8) is 0 Å². The summed E-state index contributed by atoms with van der Waals surface area (Å²) in [5.41, 5.74) is -0.0578. The minimum absolute atomic E-state index is 0.0578. The monoisotopic (exact) mass is 233 g/mol. The lowest BCUT2D eigenvalue weighted by Crippen LogP contribution is -2.44. The van der Waals surface area contributed by atoms with Gasteiger partial charge in [-0.3, -0.25) is 9.69 Å². The van der Waals surface area contributed by atoms with Gasteiger partial charge in [0.15, 0.2) is 0 Å². The summed E-state index contributed by atoms with van der Waals surface area (Å²) in [6.07, 6.45) is 4.33. The Labute approximate surface area is 97.2 Å². The zero-order valence-electron chi connectivity index (χ0n) is 10.2. The summed E-state index contributed by atoms with van der Waals surface area (Å²) < 4.78 is 0. The summed E-state index contributed by atoms with van der Waals surface area (Å²) in [6.45, 7) is 7.19. The summed E-state index contributed by atoms with van der Waals surface area (Å²) in [5, 5.41) is 8.80. The number of hydrogen-bond donors (Lipinski definition) is 1. The van der Waals surface area contributed by atoms with E-state index in [1.807, 2.05) is 16.7 Å². The van der Waals surface area contributed by atoms with E-state index in [9.17, 15) is 4.79 Å². The molecule has 0 saturated heterocycles. The van der Waals surface area contributed by atoms with Gasteiger partial charge >= 0.3 is 5.97 Å². The van der Waals surface area contributed by atoms with E-state index < -0.39 is 5.97 Å². The average Bonchev–Trinajstić information content (AvgIpc) is 2.08. The average molecular weight is 233 g/mol. The van der Waals surface area contributed by atoms with Crippen molar-refractivity contribution in [2.45, 2.75) is 39.2 Å². The fourth-order valence-electron chi connectivity index (χ4n) is 1.36. The molecule has 1 N–H and O–H groups in total. The molecule has 15 heavy (non-hydrogen) atoms. The maximum atomic E-state index is 10.7. The number of carbonyl (C=O) groups is 1. The number of carboxylic acids is 1. The third-order valence-electron chi connectivity index (χ3n) is 2.30. The van der Waals surface area contributed by atoms with E-state index in [2.05, 4.69) is 27.0 Å². The van der Waals surface area contributed by atoms with E-state index in [0.29, 0.717) is 0 Å². The molecule has 0 aliphatic rings. The molecule has 0 spiro atoms. The van der Waals surface area contributed by atoms with Crippen LogP contribution in [0.1, 0.15) is 33.6 Å². The zero-order valence-corrected chi connectivity index (χ0v) is 11.1. The Kier molecular flexibility index (Phi) is 7.02. The predicted molar refractivity (Wildman–Crippen MR) is 66.6 cm³/mol. The highest BCUT2D eigenvalue weighted by Gasteiger charge is 2.22. The zero-order chi connectivity index (χ0) is 11.9. The highest BCUT2D eigenvalue weighted by molar-refractivity contribution is 7.98. The first-order chi connectivity index (χ1) is 6.88. The first-order valence-electron chi connectivity index (χ1n) is 5.33. The lowest BCUT2D eigenvalue weighted by Gasteiger charge is -2.34. The second kappa shape index (κ2) is 7.12. The van der Waals surface area contributed by atoms with Crippen molar-refractivity contribution in [1.82, 2.24) is 4.90 Å². The Hall–Kier alpha value is -0.220. The third-order valence-corrected chi connectivity index (χ3v) is 3.00. The van der Waals surface area contributed by atoms with Crippen molar-refractivity contribution in [1.29, 1.82) is 0 Å². The highest BCUT2D eigenvalue weighted by atomic mass is 32.2. The molecule has 4 heteroatoms. The van der Waals surface area contributed by atoms with Crippen LogP contribution in [0.5, 0.6) is 0 Å². The molecule has 0 atom stereocenters. The van der Waals surface area contributed by atoms with Crippen molar-refractivity contribution in [2.75, 3.05) is 25.1 Å². The second-order valence-corrected chi connectivity index (χ2v) is 5.67. The van der Waals surface area contributed by atoms with Crippen LogP contribution in [0.2, 0.25) is 0 Å². The summed E-state index contributed by atoms with van der Waals surface area (Å²) in [6, 6.07) is 0. The van der Waals surface area contributed by atoms with Gasteiger partial charge in [-0.1, -0.05) is 0 Å². The molecule has 0 fully saturated rings. The van der Waals surface area contributed by atoms with Crippen LogP contribution in [0.3, 0.4) is 0 Å². The van der Waals surface area contributed by atoms with Gasteiger partial charge < -0.3 is 5.11 Å². The molecule has 0 rings (SSSR count). The van der Waals surface area contributed by atoms with Crippen LogP contribution >= 0.6 is 11.8 Å². The molecule has 3 nitrogen and oxygen atoms in total. The lowest BCUT2D eigenvalue weighted by atomic mass is 10.1. The second-order valence-electron chi connectivity index (χ2n) is 4.69. The molecular weight excluding hydrogens is 210 g/mol. The standard InChI is InChI=1S/C11H23NO2S/c1-11(2,3)12(9-10(13)14)7-5-6-8-15-4/h5-9H2,1-4H3,(H,13,14). The Morgan fingerprint density at radius 3 is 2.33 bits per heavy atom. The number of thioether (sulfide) groups is 1. The highest BCUT2D eigenvalue weighted by Crippen LogP contribution is 2.14. The van der Waals surface area contributed by atoms with E-state index in [1.165, 1.54) is 0 Å². The minimum atomic E-state index is -0.741. The summed E-state index contributed by atoms with van der Waals surface area (Å²) in [5.74, 6) is 0.417. The molecule has 0 aliphatic heterocycles. The summed E-state index contributed by atoms with van der Waals surface area (Å²) >= 11 is 1.84.